The van der Waals surface area contributed by atoms with Gasteiger partial charge in [-0.25, -0.2) is 14.5 Å². The van der Waals surface area contributed by atoms with Crippen molar-refractivity contribution in [3.05, 3.63) is 52.3 Å². The molecule has 0 saturated carbocycles. The molecular formula is C18H18BrN3O3. The number of fused-ring (bicyclic) bond motifs is 1. The monoisotopic (exact) mass is 403 g/mol. The van der Waals surface area contributed by atoms with Crippen LogP contribution >= 0.6 is 15.9 Å². The number of pyridine rings is 1. The predicted molar refractivity (Wildman–Crippen MR) is 97.7 cm³/mol. The molecule has 0 unspecified atom stereocenters. The average Bonchev–Trinajstić information content (AvgIpc) is 3.03. The van der Waals surface area contributed by atoms with Crippen molar-refractivity contribution in [3.63, 3.8) is 0 Å². The first-order valence-electron chi connectivity index (χ1n) is 7.82. The molecule has 2 heterocycles. The smallest absolute Gasteiger partial charge is 0.340 e. The minimum Gasteiger partial charge on any atom is -0.496 e. The molecule has 7 heteroatoms. The number of halogens is 1. The molecule has 0 N–H and O–H groups in total. The maximum absolute atomic E-state index is 12.3. The van der Waals surface area contributed by atoms with Crippen LogP contribution in [0.25, 0.3) is 11.0 Å². The summed E-state index contributed by atoms with van der Waals surface area (Å²) in [6.07, 6.45) is 3.23. The van der Waals surface area contributed by atoms with Gasteiger partial charge in [-0.15, -0.1) is 0 Å². The summed E-state index contributed by atoms with van der Waals surface area (Å²) >= 11 is 3.42. The van der Waals surface area contributed by atoms with E-state index < -0.39 is 5.97 Å². The second kappa shape index (κ2) is 7.23. The SMILES string of the molecule is COc1ccc(COC(=O)c2cnc3c(cnn3C(C)C)c2)cc1Br. The van der Waals surface area contributed by atoms with Gasteiger partial charge in [0.2, 0.25) is 0 Å². The Balaban J connectivity index is 1.73. The van der Waals surface area contributed by atoms with Crippen LogP contribution < -0.4 is 4.74 Å². The summed E-state index contributed by atoms with van der Waals surface area (Å²) in [5.41, 5.74) is 2.02. The molecule has 6 nitrogen and oxygen atoms in total. The molecule has 0 aliphatic rings. The normalized spacial score (nSPS) is 11.1. The molecule has 3 aromatic rings. The van der Waals surface area contributed by atoms with E-state index in [1.54, 1.807) is 19.4 Å². The Morgan fingerprint density at radius 3 is 2.76 bits per heavy atom. The van der Waals surface area contributed by atoms with Gasteiger partial charge < -0.3 is 9.47 Å². The first-order valence-corrected chi connectivity index (χ1v) is 8.61. The van der Waals surface area contributed by atoms with Gasteiger partial charge in [-0.3, -0.25) is 0 Å². The van der Waals surface area contributed by atoms with E-state index in [0.717, 1.165) is 26.8 Å². The van der Waals surface area contributed by atoms with Crippen molar-refractivity contribution in [2.45, 2.75) is 26.5 Å². The summed E-state index contributed by atoms with van der Waals surface area (Å²) in [5, 5.41) is 5.11. The third kappa shape index (κ3) is 3.66. The molecule has 0 aliphatic carbocycles. The van der Waals surface area contributed by atoms with Gasteiger partial charge in [0.25, 0.3) is 0 Å². The number of aromatic nitrogens is 3. The molecule has 3 rings (SSSR count). The average molecular weight is 404 g/mol. The molecule has 0 saturated heterocycles. The number of esters is 1. The van der Waals surface area contributed by atoms with E-state index in [2.05, 4.69) is 26.0 Å². The minimum atomic E-state index is -0.418. The van der Waals surface area contributed by atoms with Crippen molar-refractivity contribution in [1.29, 1.82) is 0 Å². The molecule has 25 heavy (non-hydrogen) atoms. The summed E-state index contributed by atoms with van der Waals surface area (Å²) in [6, 6.07) is 7.49. The van der Waals surface area contributed by atoms with Crippen molar-refractivity contribution < 1.29 is 14.3 Å². The Hall–Kier alpha value is -2.41. The Labute approximate surface area is 153 Å². The zero-order valence-corrected chi connectivity index (χ0v) is 15.8. The highest BCUT2D eigenvalue weighted by atomic mass is 79.9. The van der Waals surface area contributed by atoms with Crippen LogP contribution in [0, 0.1) is 0 Å². The highest BCUT2D eigenvalue weighted by Crippen LogP contribution is 2.26. The molecule has 0 amide bonds. The quantitative estimate of drug-likeness (QED) is 0.598. The van der Waals surface area contributed by atoms with Crippen LogP contribution in [0.1, 0.15) is 35.8 Å². The van der Waals surface area contributed by atoms with E-state index in [1.165, 1.54) is 6.20 Å². The Morgan fingerprint density at radius 2 is 2.08 bits per heavy atom. The van der Waals surface area contributed by atoms with Gasteiger partial charge in [-0.05, 0) is 53.5 Å². The van der Waals surface area contributed by atoms with E-state index >= 15 is 0 Å². The topological polar surface area (TPSA) is 66.2 Å². The summed E-state index contributed by atoms with van der Waals surface area (Å²) in [4.78, 5) is 16.6. The van der Waals surface area contributed by atoms with Gasteiger partial charge in [0.1, 0.15) is 12.4 Å². The van der Waals surface area contributed by atoms with E-state index in [-0.39, 0.29) is 12.6 Å². The zero-order chi connectivity index (χ0) is 18.0. The predicted octanol–water partition coefficient (Wildman–Crippen LogP) is 4.14. The van der Waals surface area contributed by atoms with Crippen molar-refractivity contribution >= 4 is 32.9 Å². The van der Waals surface area contributed by atoms with Gasteiger partial charge in [0, 0.05) is 17.6 Å². The molecule has 0 fully saturated rings. The van der Waals surface area contributed by atoms with Crippen LogP contribution in [0.15, 0.2) is 41.1 Å². The molecule has 0 radical (unpaired) electrons. The highest BCUT2D eigenvalue weighted by Gasteiger charge is 2.13. The van der Waals surface area contributed by atoms with Crippen LogP contribution in [-0.4, -0.2) is 27.8 Å². The third-order valence-corrected chi connectivity index (χ3v) is 4.36. The van der Waals surface area contributed by atoms with Crippen LogP contribution in [0.2, 0.25) is 0 Å². The number of ether oxygens (including phenoxy) is 2. The van der Waals surface area contributed by atoms with Crippen molar-refractivity contribution in [3.8, 4) is 5.75 Å². The van der Waals surface area contributed by atoms with Crippen LogP contribution in [0.5, 0.6) is 5.75 Å². The Bertz CT molecular complexity index is 921. The molecule has 0 bridgehead atoms. The van der Waals surface area contributed by atoms with E-state index in [4.69, 9.17) is 9.47 Å². The van der Waals surface area contributed by atoms with E-state index in [1.807, 2.05) is 36.7 Å². The molecule has 2 aromatic heterocycles. The maximum Gasteiger partial charge on any atom is 0.340 e. The van der Waals surface area contributed by atoms with Crippen molar-refractivity contribution in [2.75, 3.05) is 7.11 Å². The van der Waals surface area contributed by atoms with Gasteiger partial charge >= 0.3 is 5.97 Å². The number of carbonyl (C=O) groups excluding carboxylic acids is 1. The lowest BCUT2D eigenvalue weighted by Gasteiger charge is -2.08. The lowest BCUT2D eigenvalue weighted by Crippen LogP contribution is -2.07. The Morgan fingerprint density at radius 1 is 1.28 bits per heavy atom. The first kappa shape index (κ1) is 17.4. The van der Waals surface area contributed by atoms with Gasteiger partial charge in [0.15, 0.2) is 5.65 Å². The van der Waals surface area contributed by atoms with Crippen molar-refractivity contribution in [1.82, 2.24) is 14.8 Å². The van der Waals surface area contributed by atoms with Gasteiger partial charge in [-0.1, -0.05) is 6.07 Å². The largest absolute Gasteiger partial charge is 0.496 e. The fourth-order valence-corrected chi connectivity index (χ4v) is 3.05. The number of carbonyl (C=O) groups is 1. The van der Waals surface area contributed by atoms with Crippen LogP contribution in [0.3, 0.4) is 0 Å². The first-order chi connectivity index (χ1) is 12.0. The van der Waals surface area contributed by atoms with Crippen LogP contribution in [0.4, 0.5) is 0 Å². The number of benzene rings is 1. The number of rotatable bonds is 5. The van der Waals surface area contributed by atoms with Crippen molar-refractivity contribution in [2.24, 2.45) is 0 Å². The van der Waals surface area contributed by atoms with Gasteiger partial charge in [-0.2, -0.15) is 5.10 Å². The number of hydrogen-bond acceptors (Lipinski definition) is 5. The summed E-state index contributed by atoms with van der Waals surface area (Å²) in [7, 11) is 1.60. The molecular weight excluding hydrogens is 386 g/mol. The zero-order valence-electron chi connectivity index (χ0n) is 14.2. The number of nitrogens with zero attached hydrogens (tertiary/aromatic N) is 3. The number of hydrogen-bond donors (Lipinski definition) is 0. The summed E-state index contributed by atoms with van der Waals surface area (Å²) < 4.78 is 13.2. The fraction of sp³-hybridized carbons (Fsp3) is 0.278. The standard InChI is InChI=1S/C18H18BrN3O3/c1-11(2)22-17-13(9-21-22)7-14(8-20-17)18(23)25-10-12-4-5-16(24-3)15(19)6-12/h4-9,11H,10H2,1-3H3. The maximum atomic E-state index is 12.3. The minimum absolute atomic E-state index is 0.171. The van der Waals surface area contributed by atoms with E-state index in [0.29, 0.717) is 5.56 Å². The molecule has 0 spiro atoms. The van der Waals surface area contributed by atoms with E-state index in [9.17, 15) is 4.79 Å². The molecule has 130 valence electrons. The molecule has 0 aliphatic heterocycles. The lowest BCUT2D eigenvalue weighted by molar-refractivity contribution is 0.0472. The highest BCUT2D eigenvalue weighted by molar-refractivity contribution is 9.10. The lowest BCUT2D eigenvalue weighted by atomic mass is 10.2. The van der Waals surface area contributed by atoms with Gasteiger partial charge in [0.05, 0.1) is 23.3 Å². The molecule has 0 atom stereocenters. The second-order valence-corrected chi connectivity index (χ2v) is 6.72. The summed E-state index contributed by atoms with van der Waals surface area (Å²) in [5.74, 6) is 0.311. The molecule has 1 aromatic carbocycles. The Kier molecular flexibility index (Phi) is 5.03. The third-order valence-electron chi connectivity index (χ3n) is 3.74. The summed E-state index contributed by atoms with van der Waals surface area (Å²) in [6.45, 7) is 4.23. The second-order valence-electron chi connectivity index (χ2n) is 5.86. The van der Waals surface area contributed by atoms with Crippen LogP contribution in [-0.2, 0) is 11.3 Å². The fourth-order valence-electron chi connectivity index (χ4n) is 2.46. The number of methoxy groups -OCH3 is 1.